The van der Waals surface area contributed by atoms with Gasteiger partial charge in [0.25, 0.3) is 5.69 Å². The summed E-state index contributed by atoms with van der Waals surface area (Å²) >= 11 is 0. The van der Waals surface area contributed by atoms with Crippen molar-refractivity contribution in [2.24, 2.45) is 0 Å². The van der Waals surface area contributed by atoms with E-state index in [0.29, 0.717) is 23.8 Å². The molecule has 20 heavy (non-hydrogen) atoms. The fourth-order valence-electron chi connectivity index (χ4n) is 1.72. The highest BCUT2D eigenvalue weighted by Crippen LogP contribution is 2.20. The second-order valence-corrected chi connectivity index (χ2v) is 4.01. The number of nitrogens with zero attached hydrogens (tertiary/aromatic N) is 6. The highest BCUT2D eigenvalue weighted by molar-refractivity contribution is 5.58. The van der Waals surface area contributed by atoms with Crippen LogP contribution in [0.1, 0.15) is 5.82 Å². The topological polar surface area (TPSA) is 115 Å². The van der Waals surface area contributed by atoms with Crippen LogP contribution in [0.3, 0.4) is 0 Å². The van der Waals surface area contributed by atoms with Crippen molar-refractivity contribution in [3.05, 3.63) is 52.9 Å². The van der Waals surface area contributed by atoms with Crippen LogP contribution in [0.15, 0.2) is 36.9 Å². The molecule has 0 fully saturated rings. The molecule has 1 N–H and O–H groups in total. The third kappa shape index (κ3) is 2.36. The maximum absolute atomic E-state index is 10.7. The Labute approximate surface area is 112 Å². The number of nitrogens with one attached hydrogen (secondary N) is 1. The Kier molecular flexibility index (Phi) is 2.92. The van der Waals surface area contributed by atoms with Crippen LogP contribution in [-0.4, -0.2) is 34.9 Å². The van der Waals surface area contributed by atoms with Crippen molar-refractivity contribution in [3.8, 4) is 11.4 Å². The Bertz CT molecular complexity index is 735. The van der Waals surface area contributed by atoms with Gasteiger partial charge in [-0.15, -0.1) is 0 Å². The third-order valence-electron chi connectivity index (χ3n) is 2.63. The molecule has 0 bridgehead atoms. The lowest BCUT2D eigenvalue weighted by Crippen LogP contribution is -2.01. The number of benzene rings is 1. The number of H-pyrrole nitrogens is 1. The molecular formula is C11H9N7O2. The van der Waals surface area contributed by atoms with Crippen LogP contribution < -0.4 is 0 Å². The molecule has 9 nitrogen and oxygen atoms in total. The average molecular weight is 271 g/mol. The van der Waals surface area contributed by atoms with Crippen molar-refractivity contribution in [2.45, 2.75) is 6.54 Å². The summed E-state index contributed by atoms with van der Waals surface area (Å²) in [6.45, 7) is 0.405. The van der Waals surface area contributed by atoms with Crippen LogP contribution in [0.4, 0.5) is 5.69 Å². The van der Waals surface area contributed by atoms with Gasteiger partial charge in [0, 0.05) is 17.7 Å². The molecule has 0 saturated carbocycles. The summed E-state index contributed by atoms with van der Waals surface area (Å²) in [7, 11) is 0. The predicted octanol–water partition coefficient (Wildman–Crippen LogP) is 1.02. The summed E-state index contributed by atoms with van der Waals surface area (Å²) in [6.07, 6.45) is 2.99. The van der Waals surface area contributed by atoms with Crippen LogP contribution >= 0.6 is 0 Å². The molecule has 0 spiro atoms. The molecule has 3 aromatic rings. The molecule has 1 aromatic carbocycles. The normalized spacial score (nSPS) is 10.6. The number of hydrogen-bond acceptors (Lipinski definition) is 6. The van der Waals surface area contributed by atoms with Crippen LogP contribution in [-0.2, 0) is 6.54 Å². The van der Waals surface area contributed by atoms with Gasteiger partial charge in [0.2, 0.25) is 0 Å². The van der Waals surface area contributed by atoms with Gasteiger partial charge in [0.05, 0.1) is 4.92 Å². The summed E-state index contributed by atoms with van der Waals surface area (Å²) < 4.78 is 1.59. The molecular weight excluding hydrogens is 262 g/mol. The average Bonchev–Trinajstić information content (AvgIpc) is 3.11. The number of non-ortho nitro benzene ring substituents is 1. The van der Waals surface area contributed by atoms with E-state index in [-0.39, 0.29) is 5.69 Å². The van der Waals surface area contributed by atoms with Crippen molar-refractivity contribution in [1.82, 2.24) is 29.9 Å². The molecule has 2 heterocycles. The van der Waals surface area contributed by atoms with Crippen LogP contribution in [0.5, 0.6) is 0 Å². The van der Waals surface area contributed by atoms with Crippen LogP contribution in [0.2, 0.25) is 0 Å². The van der Waals surface area contributed by atoms with Gasteiger partial charge in [0.1, 0.15) is 25.0 Å². The largest absolute Gasteiger partial charge is 0.270 e. The number of rotatable bonds is 4. The summed E-state index contributed by atoms with van der Waals surface area (Å²) in [5.74, 6) is 1.00. The van der Waals surface area contributed by atoms with E-state index in [0.717, 1.165) is 0 Å². The van der Waals surface area contributed by atoms with Gasteiger partial charge < -0.3 is 0 Å². The monoisotopic (exact) mass is 271 g/mol. The van der Waals surface area contributed by atoms with Crippen molar-refractivity contribution in [1.29, 1.82) is 0 Å². The van der Waals surface area contributed by atoms with Crippen molar-refractivity contribution < 1.29 is 4.92 Å². The van der Waals surface area contributed by atoms with Gasteiger partial charge in [-0.05, 0) is 0 Å². The van der Waals surface area contributed by atoms with Gasteiger partial charge in [-0.1, -0.05) is 12.1 Å². The van der Waals surface area contributed by atoms with Gasteiger partial charge in [0.15, 0.2) is 5.82 Å². The van der Waals surface area contributed by atoms with Crippen LogP contribution in [0.25, 0.3) is 11.4 Å². The minimum atomic E-state index is -0.452. The molecule has 0 amide bonds. The van der Waals surface area contributed by atoms with Gasteiger partial charge >= 0.3 is 0 Å². The molecule has 0 saturated heterocycles. The molecule has 0 aliphatic heterocycles. The highest BCUT2D eigenvalue weighted by Gasteiger charge is 2.11. The molecule has 0 aliphatic carbocycles. The number of aromatic amines is 1. The van der Waals surface area contributed by atoms with Crippen molar-refractivity contribution >= 4 is 5.69 Å². The molecule has 9 heteroatoms. The Hall–Kier alpha value is -3.10. The zero-order chi connectivity index (χ0) is 13.9. The maximum atomic E-state index is 10.7. The van der Waals surface area contributed by atoms with E-state index in [9.17, 15) is 10.1 Å². The standard InChI is InChI=1S/C11H9N7O2/c19-18(20)9-3-1-2-8(4-9)11-14-10(15-16-11)5-17-7-12-6-13-17/h1-4,6-7H,5H2,(H,14,15,16). The number of hydrogen-bond donors (Lipinski definition) is 1. The zero-order valence-corrected chi connectivity index (χ0v) is 10.2. The summed E-state index contributed by atoms with van der Waals surface area (Å²) in [5.41, 5.74) is 0.588. The quantitative estimate of drug-likeness (QED) is 0.559. The lowest BCUT2D eigenvalue weighted by molar-refractivity contribution is -0.384. The fraction of sp³-hybridized carbons (Fsp3) is 0.0909. The lowest BCUT2D eigenvalue weighted by Gasteiger charge is -1.95. The Morgan fingerprint density at radius 3 is 3.05 bits per heavy atom. The number of aromatic nitrogens is 6. The maximum Gasteiger partial charge on any atom is 0.270 e. The first-order chi connectivity index (χ1) is 9.72. The van der Waals surface area contributed by atoms with E-state index in [2.05, 4.69) is 25.3 Å². The molecule has 0 atom stereocenters. The summed E-state index contributed by atoms with van der Waals surface area (Å²) in [4.78, 5) is 18.4. The SMILES string of the molecule is O=[N+]([O-])c1cccc(-c2n[nH]c(Cn3cncn3)n2)c1. The van der Waals surface area contributed by atoms with Crippen molar-refractivity contribution in [3.63, 3.8) is 0 Å². The molecule has 3 rings (SSSR count). The fourth-order valence-corrected chi connectivity index (χ4v) is 1.72. The first-order valence-corrected chi connectivity index (χ1v) is 5.71. The van der Waals surface area contributed by atoms with E-state index in [1.54, 1.807) is 23.1 Å². The summed E-state index contributed by atoms with van der Waals surface area (Å²) in [5, 5.41) is 21.5. The first-order valence-electron chi connectivity index (χ1n) is 5.71. The minimum Gasteiger partial charge on any atom is -0.261 e. The molecule has 2 aromatic heterocycles. The highest BCUT2D eigenvalue weighted by atomic mass is 16.6. The van der Waals surface area contributed by atoms with Gasteiger partial charge in [-0.2, -0.15) is 10.2 Å². The van der Waals surface area contributed by atoms with E-state index < -0.39 is 4.92 Å². The van der Waals surface area contributed by atoms with E-state index in [1.807, 2.05) is 0 Å². The second kappa shape index (κ2) is 4.88. The molecule has 0 radical (unpaired) electrons. The van der Waals surface area contributed by atoms with Crippen LogP contribution in [0, 0.1) is 10.1 Å². The first kappa shape index (κ1) is 12.0. The van der Waals surface area contributed by atoms with Gasteiger partial charge in [-0.3, -0.25) is 15.2 Å². The smallest absolute Gasteiger partial charge is 0.261 e. The number of nitro groups is 1. The van der Waals surface area contributed by atoms with Gasteiger partial charge in [-0.25, -0.2) is 14.6 Å². The Balaban J connectivity index is 1.86. The molecule has 100 valence electrons. The summed E-state index contributed by atoms with van der Waals surface area (Å²) in [6, 6.07) is 6.17. The zero-order valence-electron chi connectivity index (χ0n) is 10.2. The van der Waals surface area contributed by atoms with Crippen molar-refractivity contribution in [2.75, 3.05) is 0 Å². The third-order valence-corrected chi connectivity index (χ3v) is 2.63. The molecule has 0 aliphatic rings. The lowest BCUT2D eigenvalue weighted by atomic mass is 10.2. The minimum absolute atomic E-state index is 0.00475. The van der Waals surface area contributed by atoms with E-state index >= 15 is 0 Å². The Morgan fingerprint density at radius 2 is 2.30 bits per heavy atom. The molecule has 0 unspecified atom stereocenters. The number of nitro benzene ring substituents is 1. The predicted molar refractivity (Wildman–Crippen MR) is 67.6 cm³/mol. The van der Waals surface area contributed by atoms with E-state index in [1.165, 1.54) is 18.5 Å². The second-order valence-electron chi connectivity index (χ2n) is 4.01. The van der Waals surface area contributed by atoms with E-state index in [4.69, 9.17) is 0 Å². The Morgan fingerprint density at radius 1 is 1.40 bits per heavy atom.